The van der Waals surface area contributed by atoms with Crippen molar-refractivity contribution in [3.05, 3.63) is 88.3 Å². The highest BCUT2D eigenvalue weighted by molar-refractivity contribution is 8.26. The standard InChI is InChI=1S/C24H21NO4S2/c1-2-28-23(27)18-10-8-17(9-11-18)20-13-12-19(29-20)14-21-22(26)25(24(30)31-21)15-16-6-4-3-5-7-16/h3-11,13-14,19H,2,12,15H2,1H3/b21-14+. The molecule has 4 rings (SSSR count). The van der Waals surface area contributed by atoms with Crippen LogP contribution in [0.25, 0.3) is 5.76 Å². The van der Waals surface area contributed by atoms with Crippen molar-refractivity contribution in [2.75, 3.05) is 6.61 Å². The molecule has 2 aliphatic rings. The van der Waals surface area contributed by atoms with Gasteiger partial charge in [-0.05, 0) is 36.8 Å². The summed E-state index contributed by atoms with van der Waals surface area (Å²) < 4.78 is 11.6. The second-order valence-electron chi connectivity index (χ2n) is 7.03. The van der Waals surface area contributed by atoms with Crippen LogP contribution < -0.4 is 0 Å². The highest BCUT2D eigenvalue weighted by atomic mass is 32.2. The van der Waals surface area contributed by atoms with Crippen LogP contribution in [0.4, 0.5) is 0 Å². The Morgan fingerprint density at radius 1 is 1.23 bits per heavy atom. The molecule has 0 N–H and O–H groups in total. The van der Waals surface area contributed by atoms with Gasteiger partial charge in [0, 0.05) is 12.0 Å². The van der Waals surface area contributed by atoms with Crippen molar-refractivity contribution in [2.24, 2.45) is 0 Å². The van der Waals surface area contributed by atoms with Gasteiger partial charge < -0.3 is 9.47 Å². The normalized spacial score (nSPS) is 19.5. The molecule has 1 atom stereocenters. The maximum atomic E-state index is 12.8. The van der Waals surface area contributed by atoms with E-state index in [-0.39, 0.29) is 18.0 Å². The summed E-state index contributed by atoms with van der Waals surface area (Å²) in [7, 11) is 0. The number of amides is 1. The fourth-order valence-corrected chi connectivity index (χ4v) is 4.62. The Bertz CT molecular complexity index is 1060. The number of benzene rings is 2. The van der Waals surface area contributed by atoms with Crippen LogP contribution in [0.1, 0.15) is 34.8 Å². The van der Waals surface area contributed by atoms with Crippen molar-refractivity contribution in [1.29, 1.82) is 0 Å². The molecule has 2 aromatic carbocycles. The molecule has 2 heterocycles. The van der Waals surface area contributed by atoms with E-state index in [4.69, 9.17) is 21.7 Å². The predicted molar refractivity (Wildman–Crippen MR) is 125 cm³/mol. The molecular formula is C24H21NO4S2. The number of ether oxygens (including phenoxy) is 2. The fourth-order valence-electron chi connectivity index (χ4n) is 3.34. The summed E-state index contributed by atoms with van der Waals surface area (Å²) in [4.78, 5) is 26.9. The molecule has 1 fully saturated rings. The molecule has 0 bridgehead atoms. The van der Waals surface area contributed by atoms with Crippen molar-refractivity contribution in [2.45, 2.75) is 26.0 Å². The first-order valence-corrected chi connectivity index (χ1v) is 11.2. The molecule has 0 aromatic heterocycles. The second-order valence-corrected chi connectivity index (χ2v) is 8.71. The first-order chi connectivity index (χ1) is 15.0. The van der Waals surface area contributed by atoms with Crippen molar-refractivity contribution >= 4 is 45.9 Å². The first kappa shape index (κ1) is 21.3. The van der Waals surface area contributed by atoms with Crippen molar-refractivity contribution in [3.63, 3.8) is 0 Å². The number of hydrogen-bond donors (Lipinski definition) is 0. The maximum absolute atomic E-state index is 12.8. The van der Waals surface area contributed by atoms with Gasteiger partial charge in [0.1, 0.15) is 16.2 Å². The summed E-state index contributed by atoms with van der Waals surface area (Å²) in [6.45, 7) is 2.58. The zero-order valence-electron chi connectivity index (χ0n) is 16.9. The van der Waals surface area contributed by atoms with Crippen LogP contribution in [0.3, 0.4) is 0 Å². The third-order valence-corrected chi connectivity index (χ3v) is 6.28. The lowest BCUT2D eigenvalue weighted by Gasteiger charge is -2.14. The summed E-state index contributed by atoms with van der Waals surface area (Å²) >= 11 is 6.73. The Morgan fingerprint density at radius 2 is 1.97 bits per heavy atom. The lowest BCUT2D eigenvalue weighted by atomic mass is 10.1. The molecule has 0 radical (unpaired) electrons. The average molecular weight is 452 g/mol. The van der Waals surface area contributed by atoms with Gasteiger partial charge in [0.2, 0.25) is 0 Å². The number of carbonyl (C=O) groups excluding carboxylic acids is 2. The molecule has 1 unspecified atom stereocenters. The molecule has 0 saturated carbocycles. The zero-order chi connectivity index (χ0) is 21.8. The summed E-state index contributed by atoms with van der Waals surface area (Å²) in [5.74, 6) is 0.303. The first-order valence-electron chi connectivity index (χ1n) is 9.99. The van der Waals surface area contributed by atoms with Gasteiger partial charge in [-0.1, -0.05) is 66.4 Å². The quantitative estimate of drug-likeness (QED) is 0.352. The van der Waals surface area contributed by atoms with E-state index >= 15 is 0 Å². The highest BCUT2D eigenvalue weighted by Gasteiger charge is 2.33. The van der Waals surface area contributed by atoms with Crippen molar-refractivity contribution in [3.8, 4) is 0 Å². The van der Waals surface area contributed by atoms with Gasteiger partial charge in [0.15, 0.2) is 0 Å². The number of thioether (sulfide) groups is 1. The minimum atomic E-state index is -0.342. The zero-order valence-corrected chi connectivity index (χ0v) is 18.6. The van der Waals surface area contributed by atoms with Crippen molar-refractivity contribution < 1.29 is 19.1 Å². The predicted octanol–water partition coefficient (Wildman–Crippen LogP) is 4.94. The minimum Gasteiger partial charge on any atom is -0.486 e. The summed E-state index contributed by atoms with van der Waals surface area (Å²) in [5.41, 5.74) is 2.41. The van der Waals surface area contributed by atoms with Crippen molar-refractivity contribution in [1.82, 2.24) is 4.90 Å². The lowest BCUT2D eigenvalue weighted by Crippen LogP contribution is -2.27. The van der Waals surface area contributed by atoms with E-state index < -0.39 is 0 Å². The molecule has 2 aromatic rings. The third-order valence-electron chi connectivity index (χ3n) is 4.89. The molecule has 5 nitrogen and oxygen atoms in total. The highest BCUT2D eigenvalue weighted by Crippen LogP contribution is 2.35. The molecule has 1 amide bonds. The molecule has 7 heteroatoms. The van der Waals surface area contributed by atoms with Gasteiger partial charge in [-0.25, -0.2) is 4.79 Å². The lowest BCUT2D eigenvalue weighted by molar-refractivity contribution is -0.122. The van der Waals surface area contributed by atoms with E-state index in [1.807, 2.05) is 54.6 Å². The van der Waals surface area contributed by atoms with Gasteiger partial charge in [-0.15, -0.1) is 0 Å². The number of rotatable bonds is 6. The molecular weight excluding hydrogens is 430 g/mol. The average Bonchev–Trinajstić information content (AvgIpc) is 3.35. The number of carbonyl (C=O) groups is 2. The van der Waals surface area contributed by atoms with Gasteiger partial charge >= 0.3 is 5.97 Å². The van der Waals surface area contributed by atoms with Gasteiger partial charge in [0.05, 0.1) is 23.6 Å². The second kappa shape index (κ2) is 9.49. The Morgan fingerprint density at radius 3 is 2.68 bits per heavy atom. The Labute approximate surface area is 190 Å². The Hall–Kier alpha value is -2.90. The SMILES string of the molecule is CCOC(=O)c1ccc(C2=CCC(/C=C3/SC(=S)N(Cc4ccccc4)C3=O)O2)cc1. The van der Waals surface area contributed by atoms with E-state index in [0.717, 1.165) is 16.9 Å². The van der Waals surface area contributed by atoms with Gasteiger partial charge in [-0.2, -0.15) is 0 Å². The third kappa shape index (κ3) is 4.89. The molecule has 31 heavy (non-hydrogen) atoms. The van der Waals surface area contributed by atoms with Crippen LogP contribution in [0, 0.1) is 0 Å². The molecule has 0 aliphatic carbocycles. The van der Waals surface area contributed by atoms with Crippen LogP contribution in [0.5, 0.6) is 0 Å². The Balaban J connectivity index is 1.39. The maximum Gasteiger partial charge on any atom is 0.338 e. The van der Waals surface area contributed by atoms with E-state index in [1.54, 1.807) is 24.0 Å². The van der Waals surface area contributed by atoms with E-state index in [9.17, 15) is 9.59 Å². The van der Waals surface area contributed by atoms with Crippen LogP contribution in [0.15, 0.2) is 71.7 Å². The van der Waals surface area contributed by atoms with Crippen LogP contribution in [0.2, 0.25) is 0 Å². The molecule has 0 spiro atoms. The van der Waals surface area contributed by atoms with Crippen LogP contribution in [-0.2, 0) is 20.8 Å². The summed E-state index contributed by atoms with van der Waals surface area (Å²) in [5, 5.41) is 0. The van der Waals surface area contributed by atoms with Crippen LogP contribution >= 0.6 is 24.0 Å². The fraction of sp³-hybridized carbons (Fsp3) is 0.208. The number of nitrogens with zero attached hydrogens (tertiary/aromatic N) is 1. The van der Waals surface area contributed by atoms with E-state index in [0.29, 0.717) is 34.4 Å². The van der Waals surface area contributed by atoms with Gasteiger partial charge in [0.25, 0.3) is 5.91 Å². The smallest absolute Gasteiger partial charge is 0.338 e. The molecule has 2 aliphatic heterocycles. The van der Waals surface area contributed by atoms with Crippen LogP contribution in [-0.4, -0.2) is 33.8 Å². The van der Waals surface area contributed by atoms with E-state index in [2.05, 4.69) is 0 Å². The molecule has 158 valence electrons. The number of thiocarbonyl (C=S) groups is 1. The molecule has 1 saturated heterocycles. The summed E-state index contributed by atoms with van der Waals surface area (Å²) in [6, 6.07) is 16.9. The van der Waals surface area contributed by atoms with Gasteiger partial charge in [-0.3, -0.25) is 9.69 Å². The topological polar surface area (TPSA) is 55.8 Å². The number of esters is 1. The largest absolute Gasteiger partial charge is 0.486 e. The van der Waals surface area contributed by atoms with E-state index in [1.165, 1.54) is 11.8 Å². The monoisotopic (exact) mass is 451 g/mol. The number of hydrogen-bond acceptors (Lipinski definition) is 6. The Kier molecular flexibility index (Phi) is 6.53. The summed E-state index contributed by atoms with van der Waals surface area (Å²) in [6.07, 6.45) is 4.27. The minimum absolute atomic E-state index is 0.0882.